The molecule has 1 amide bonds. The van der Waals surface area contributed by atoms with E-state index in [1.54, 1.807) is 12.1 Å². The number of halogens is 1. The molecule has 1 aliphatic rings. The van der Waals surface area contributed by atoms with Crippen LogP contribution in [0, 0.1) is 27.3 Å². The van der Waals surface area contributed by atoms with Crippen molar-refractivity contribution in [3.05, 3.63) is 69.0 Å². The second kappa shape index (κ2) is 8.12. The Morgan fingerprint density at radius 3 is 2.69 bits per heavy atom. The van der Waals surface area contributed by atoms with Gasteiger partial charge >= 0.3 is 5.97 Å². The number of nitro benzene ring substituents is 1. The largest absolute Gasteiger partial charge is 0.465 e. The fourth-order valence-electron chi connectivity index (χ4n) is 2.82. The van der Waals surface area contributed by atoms with E-state index in [0.717, 1.165) is 29.8 Å². The number of thioether (sulfide) groups is 1. The van der Waals surface area contributed by atoms with Gasteiger partial charge < -0.3 is 4.74 Å². The van der Waals surface area contributed by atoms with Gasteiger partial charge in [0.1, 0.15) is 16.9 Å². The van der Waals surface area contributed by atoms with E-state index in [-0.39, 0.29) is 33.3 Å². The number of rotatable bonds is 4. The first-order valence-electron chi connectivity index (χ1n) is 8.10. The molecule has 0 saturated carbocycles. The fourth-order valence-corrected chi connectivity index (χ4v) is 3.81. The Morgan fingerprint density at radius 2 is 2.07 bits per heavy atom. The number of nitrogens with zero attached hydrogens (tertiary/aromatic N) is 3. The molecule has 0 aromatic heterocycles. The van der Waals surface area contributed by atoms with Gasteiger partial charge in [0.25, 0.3) is 5.69 Å². The summed E-state index contributed by atoms with van der Waals surface area (Å²) in [7, 11) is 1.09. The van der Waals surface area contributed by atoms with Crippen molar-refractivity contribution >= 4 is 35.0 Å². The summed E-state index contributed by atoms with van der Waals surface area (Å²) < 4.78 is 19.5. The SMILES string of the molecule is COC(=O)/C(C#N)=C1\SCC(=O)N1c1ccc(-c2ccccc2[N+](=O)[O-])cc1F. The third kappa shape index (κ3) is 3.68. The molecule has 0 bridgehead atoms. The van der Waals surface area contributed by atoms with Crippen molar-refractivity contribution < 1.29 is 23.6 Å². The van der Waals surface area contributed by atoms with Crippen LogP contribution in [0.4, 0.5) is 15.8 Å². The lowest BCUT2D eigenvalue weighted by Crippen LogP contribution is -2.26. The number of carbonyl (C=O) groups is 2. The van der Waals surface area contributed by atoms with Crippen molar-refractivity contribution in [2.75, 3.05) is 17.8 Å². The average Bonchev–Trinajstić information content (AvgIpc) is 3.09. The minimum Gasteiger partial charge on any atom is -0.465 e. The van der Waals surface area contributed by atoms with Crippen molar-refractivity contribution in [2.45, 2.75) is 0 Å². The zero-order chi connectivity index (χ0) is 21.1. The van der Waals surface area contributed by atoms with Crippen LogP contribution >= 0.6 is 11.8 Å². The van der Waals surface area contributed by atoms with Gasteiger partial charge in [0.2, 0.25) is 5.91 Å². The molecule has 1 saturated heterocycles. The molecule has 0 N–H and O–H groups in total. The summed E-state index contributed by atoms with van der Waals surface area (Å²) in [6.45, 7) is 0. The standard InChI is InChI=1S/C19H12FN3O5S/c1-28-19(25)13(9-21)18-22(17(24)10-29-18)16-7-6-11(8-14(16)20)12-4-2-3-5-15(12)23(26)27/h2-8H,10H2,1H3/b18-13-. The van der Waals surface area contributed by atoms with Gasteiger partial charge in [-0.15, -0.1) is 0 Å². The molecule has 0 unspecified atom stereocenters. The van der Waals surface area contributed by atoms with E-state index in [1.807, 2.05) is 0 Å². The number of methoxy groups -OCH3 is 1. The summed E-state index contributed by atoms with van der Waals surface area (Å²) in [5.74, 6) is -2.37. The average molecular weight is 413 g/mol. The summed E-state index contributed by atoms with van der Waals surface area (Å²) in [5.41, 5.74) is -0.310. The van der Waals surface area contributed by atoms with E-state index < -0.39 is 28.2 Å². The molecule has 0 aliphatic carbocycles. The molecule has 1 heterocycles. The number of nitriles is 1. The van der Waals surface area contributed by atoms with Crippen LogP contribution in [0.25, 0.3) is 11.1 Å². The van der Waals surface area contributed by atoms with Crippen LogP contribution < -0.4 is 4.90 Å². The monoisotopic (exact) mass is 413 g/mol. The number of hydrogen-bond acceptors (Lipinski definition) is 7. The molecule has 0 spiro atoms. The lowest BCUT2D eigenvalue weighted by atomic mass is 10.0. The van der Waals surface area contributed by atoms with E-state index in [9.17, 15) is 29.4 Å². The Hall–Kier alpha value is -3.71. The van der Waals surface area contributed by atoms with Crippen LogP contribution in [-0.2, 0) is 14.3 Å². The van der Waals surface area contributed by atoms with Gasteiger partial charge in [-0.1, -0.05) is 30.0 Å². The maximum Gasteiger partial charge on any atom is 0.351 e. The molecular weight excluding hydrogens is 401 g/mol. The molecule has 1 fully saturated rings. The number of para-hydroxylation sites is 1. The van der Waals surface area contributed by atoms with Crippen molar-refractivity contribution in [3.63, 3.8) is 0 Å². The normalized spacial score (nSPS) is 15.1. The Balaban J connectivity index is 2.10. The predicted molar refractivity (Wildman–Crippen MR) is 103 cm³/mol. The fraction of sp³-hybridized carbons (Fsp3) is 0.105. The molecule has 8 nitrogen and oxygen atoms in total. The molecule has 2 aromatic carbocycles. The number of hydrogen-bond donors (Lipinski definition) is 0. The van der Waals surface area contributed by atoms with Gasteiger partial charge in [-0.05, 0) is 23.8 Å². The van der Waals surface area contributed by atoms with Gasteiger partial charge in [0.15, 0.2) is 5.57 Å². The Labute approximate surface area is 168 Å². The van der Waals surface area contributed by atoms with E-state index >= 15 is 0 Å². The van der Waals surface area contributed by atoms with Gasteiger partial charge in [0.05, 0.1) is 29.0 Å². The van der Waals surface area contributed by atoms with Crippen molar-refractivity contribution in [1.82, 2.24) is 0 Å². The minimum atomic E-state index is -0.938. The van der Waals surface area contributed by atoms with Crippen LogP contribution in [0.5, 0.6) is 0 Å². The van der Waals surface area contributed by atoms with Crippen LogP contribution in [-0.4, -0.2) is 29.7 Å². The number of anilines is 1. The summed E-state index contributed by atoms with van der Waals surface area (Å²) in [6, 6.07) is 11.3. The topological polar surface area (TPSA) is 114 Å². The lowest BCUT2D eigenvalue weighted by Gasteiger charge is -2.19. The zero-order valence-electron chi connectivity index (χ0n) is 14.9. The highest BCUT2D eigenvalue weighted by Crippen LogP contribution is 2.39. The van der Waals surface area contributed by atoms with Gasteiger partial charge in [0, 0.05) is 6.07 Å². The number of ether oxygens (including phenoxy) is 1. The third-order valence-electron chi connectivity index (χ3n) is 4.10. The first kappa shape index (κ1) is 20.0. The number of esters is 1. The predicted octanol–water partition coefficient (Wildman–Crippen LogP) is 3.39. The first-order chi connectivity index (χ1) is 13.9. The minimum absolute atomic E-state index is 0.0262. The number of carbonyl (C=O) groups excluding carboxylic acids is 2. The van der Waals surface area contributed by atoms with Crippen molar-refractivity contribution in [2.24, 2.45) is 0 Å². The highest BCUT2D eigenvalue weighted by molar-refractivity contribution is 8.04. The Kier molecular flexibility index (Phi) is 5.61. The Bertz CT molecular complexity index is 1110. The molecule has 1 aliphatic heterocycles. The maximum atomic E-state index is 14.9. The van der Waals surface area contributed by atoms with Crippen molar-refractivity contribution in [3.8, 4) is 17.2 Å². The quantitative estimate of drug-likeness (QED) is 0.248. The number of amides is 1. The maximum absolute atomic E-state index is 14.9. The molecule has 146 valence electrons. The molecule has 0 radical (unpaired) electrons. The zero-order valence-corrected chi connectivity index (χ0v) is 15.7. The number of benzene rings is 2. The lowest BCUT2D eigenvalue weighted by molar-refractivity contribution is -0.384. The van der Waals surface area contributed by atoms with Crippen molar-refractivity contribution in [1.29, 1.82) is 5.26 Å². The Morgan fingerprint density at radius 1 is 1.34 bits per heavy atom. The second-order valence-corrected chi connectivity index (χ2v) is 6.71. The summed E-state index contributed by atoms with van der Waals surface area (Å²) in [6.07, 6.45) is 0. The van der Waals surface area contributed by atoms with Crippen LogP contribution in [0.15, 0.2) is 53.1 Å². The molecule has 3 rings (SSSR count). The van der Waals surface area contributed by atoms with Crippen LogP contribution in [0.1, 0.15) is 0 Å². The van der Waals surface area contributed by atoms with Crippen LogP contribution in [0.2, 0.25) is 0 Å². The second-order valence-electron chi connectivity index (χ2n) is 5.74. The summed E-state index contributed by atoms with van der Waals surface area (Å²) in [5, 5.41) is 20.5. The highest BCUT2D eigenvalue weighted by Gasteiger charge is 2.35. The summed E-state index contributed by atoms with van der Waals surface area (Å²) in [4.78, 5) is 35.7. The first-order valence-corrected chi connectivity index (χ1v) is 9.09. The molecule has 29 heavy (non-hydrogen) atoms. The van der Waals surface area contributed by atoms with E-state index in [0.29, 0.717) is 0 Å². The van der Waals surface area contributed by atoms with Crippen LogP contribution in [0.3, 0.4) is 0 Å². The number of nitro groups is 1. The molecular formula is C19H12FN3O5S. The smallest absolute Gasteiger partial charge is 0.351 e. The van der Waals surface area contributed by atoms with E-state index in [2.05, 4.69) is 4.74 Å². The molecule has 10 heteroatoms. The van der Waals surface area contributed by atoms with Gasteiger partial charge in [-0.3, -0.25) is 19.8 Å². The summed E-state index contributed by atoms with van der Waals surface area (Å²) >= 11 is 0.922. The van der Waals surface area contributed by atoms with Gasteiger partial charge in [-0.25, -0.2) is 9.18 Å². The molecule has 0 atom stereocenters. The van der Waals surface area contributed by atoms with E-state index in [1.165, 1.54) is 30.3 Å². The molecule has 2 aromatic rings. The van der Waals surface area contributed by atoms with E-state index in [4.69, 9.17) is 0 Å². The van der Waals surface area contributed by atoms with Gasteiger partial charge in [-0.2, -0.15) is 5.26 Å². The highest BCUT2D eigenvalue weighted by atomic mass is 32.2. The third-order valence-corrected chi connectivity index (χ3v) is 5.15.